The summed E-state index contributed by atoms with van der Waals surface area (Å²) in [7, 11) is 2.00. The first kappa shape index (κ1) is 19.3. The molecule has 0 radical (unpaired) electrons. The van der Waals surface area contributed by atoms with Gasteiger partial charge in [0.1, 0.15) is 5.75 Å². The number of fused-ring (bicyclic) bond motifs is 1. The lowest BCUT2D eigenvalue weighted by Crippen LogP contribution is -2.23. The Balaban J connectivity index is 1.85. The van der Waals surface area contributed by atoms with Crippen LogP contribution in [-0.2, 0) is 0 Å². The lowest BCUT2D eigenvalue weighted by atomic mass is 9.99. The van der Waals surface area contributed by atoms with Crippen molar-refractivity contribution >= 4 is 22.4 Å². The van der Waals surface area contributed by atoms with Crippen molar-refractivity contribution in [2.24, 2.45) is 0 Å². The molecule has 29 heavy (non-hydrogen) atoms. The van der Waals surface area contributed by atoms with E-state index in [1.807, 2.05) is 19.2 Å². The maximum atomic E-state index is 13.0. The van der Waals surface area contributed by atoms with Crippen molar-refractivity contribution in [1.29, 1.82) is 0 Å². The number of likely N-dealkylation sites (N-methyl/N-ethyl adjacent to an activating group) is 1. The van der Waals surface area contributed by atoms with Gasteiger partial charge in [-0.1, -0.05) is 24.3 Å². The standard InChI is InChI=1S/C22H19F3N2O2/c1-26-11-9-15(10-12-26)19-14-27(21(28)16-5-3-2-4-6-16)20-8-7-17(13-18(19)20)29-22(23,24)25/h2-9,13-14H,10-12H2,1H3. The van der Waals surface area contributed by atoms with Gasteiger partial charge in [0.05, 0.1) is 5.52 Å². The number of rotatable bonds is 3. The first-order chi connectivity index (χ1) is 13.8. The molecule has 0 atom stereocenters. The van der Waals surface area contributed by atoms with Gasteiger partial charge in [-0.05, 0) is 49.4 Å². The van der Waals surface area contributed by atoms with Crippen LogP contribution in [0.2, 0.25) is 0 Å². The minimum absolute atomic E-state index is 0.236. The molecule has 150 valence electrons. The van der Waals surface area contributed by atoms with Gasteiger partial charge >= 0.3 is 6.36 Å². The molecule has 0 N–H and O–H groups in total. The number of halogens is 3. The van der Waals surface area contributed by atoms with Gasteiger partial charge in [-0.2, -0.15) is 0 Å². The number of carbonyl (C=O) groups excluding carboxylic acids is 1. The third kappa shape index (κ3) is 4.05. The second-order valence-electron chi connectivity index (χ2n) is 7.05. The molecule has 2 heterocycles. The Morgan fingerprint density at radius 2 is 1.86 bits per heavy atom. The van der Waals surface area contributed by atoms with Gasteiger partial charge < -0.3 is 9.64 Å². The Bertz CT molecular complexity index is 1080. The van der Waals surface area contributed by atoms with Crippen LogP contribution in [0.15, 0.2) is 60.8 Å². The third-order valence-electron chi connectivity index (χ3n) is 5.01. The molecule has 0 spiro atoms. The number of aromatic nitrogens is 1. The highest BCUT2D eigenvalue weighted by Gasteiger charge is 2.31. The van der Waals surface area contributed by atoms with Gasteiger partial charge in [-0.25, -0.2) is 0 Å². The van der Waals surface area contributed by atoms with Gasteiger partial charge in [0.2, 0.25) is 0 Å². The van der Waals surface area contributed by atoms with Gasteiger partial charge in [0.15, 0.2) is 0 Å². The Morgan fingerprint density at radius 3 is 2.52 bits per heavy atom. The molecule has 0 aliphatic carbocycles. The summed E-state index contributed by atoms with van der Waals surface area (Å²) in [4.78, 5) is 15.2. The van der Waals surface area contributed by atoms with Crippen LogP contribution < -0.4 is 4.74 Å². The molecule has 3 aromatic rings. The van der Waals surface area contributed by atoms with E-state index in [-0.39, 0.29) is 11.7 Å². The summed E-state index contributed by atoms with van der Waals surface area (Å²) in [6.45, 7) is 1.58. The number of hydrogen-bond donors (Lipinski definition) is 0. The maximum absolute atomic E-state index is 13.0. The van der Waals surface area contributed by atoms with E-state index in [2.05, 4.69) is 9.64 Å². The molecule has 4 rings (SSSR count). The fraction of sp³-hybridized carbons (Fsp3) is 0.227. The number of ether oxygens (including phenoxy) is 1. The van der Waals surface area contributed by atoms with Crippen molar-refractivity contribution in [2.45, 2.75) is 12.8 Å². The number of alkyl halides is 3. The van der Waals surface area contributed by atoms with Crippen LogP contribution in [0.4, 0.5) is 13.2 Å². The van der Waals surface area contributed by atoms with E-state index in [1.165, 1.54) is 22.8 Å². The van der Waals surface area contributed by atoms with Gasteiger partial charge in [-0.15, -0.1) is 13.2 Å². The van der Waals surface area contributed by atoms with Crippen LogP contribution in [-0.4, -0.2) is 41.9 Å². The zero-order valence-electron chi connectivity index (χ0n) is 15.7. The lowest BCUT2D eigenvalue weighted by Gasteiger charge is -2.21. The quantitative estimate of drug-likeness (QED) is 0.624. The second-order valence-corrected chi connectivity index (χ2v) is 7.05. The van der Waals surface area contributed by atoms with Crippen molar-refractivity contribution in [3.8, 4) is 5.75 Å². The minimum Gasteiger partial charge on any atom is -0.406 e. The van der Waals surface area contributed by atoms with E-state index in [4.69, 9.17) is 0 Å². The number of nitrogens with zero attached hydrogens (tertiary/aromatic N) is 2. The first-order valence-electron chi connectivity index (χ1n) is 9.20. The molecule has 1 aromatic heterocycles. The molecule has 2 aromatic carbocycles. The average molecular weight is 400 g/mol. The monoisotopic (exact) mass is 400 g/mol. The summed E-state index contributed by atoms with van der Waals surface area (Å²) >= 11 is 0. The van der Waals surface area contributed by atoms with E-state index >= 15 is 0 Å². The SMILES string of the molecule is CN1CC=C(c2cn(C(=O)c3ccccc3)c3ccc(OC(F)(F)F)cc23)CC1. The molecule has 1 aliphatic rings. The smallest absolute Gasteiger partial charge is 0.406 e. The van der Waals surface area contributed by atoms with Crippen molar-refractivity contribution in [1.82, 2.24) is 9.47 Å². The van der Waals surface area contributed by atoms with Crippen LogP contribution in [0.25, 0.3) is 16.5 Å². The highest BCUT2D eigenvalue weighted by atomic mass is 19.4. The van der Waals surface area contributed by atoms with Gasteiger partial charge in [0, 0.05) is 35.8 Å². The molecule has 0 bridgehead atoms. The number of benzene rings is 2. The largest absolute Gasteiger partial charge is 0.573 e. The Morgan fingerprint density at radius 1 is 1.10 bits per heavy atom. The third-order valence-corrected chi connectivity index (χ3v) is 5.01. The fourth-order valence-corrected chi connectivity index (χ4v) is 3.57. The van der Waals surface area contributed by atoms with Crippen molar-refractivity contribution in [3.05, 3.63) is 71.9 Å². The van der Waals surface area contributed by atoms with Crippen molar-refractivity contribution < 1.29 is 22.7 Å². The van der Waals surface area contributed by atoms with Crippen LogP contribution in [0.1, 0.15) is 22.3 Å². The Kier molecular flexibility index (Phi) is 4.92. The maximum Gasteiger partial charge on any atom is 0.573 e. The van der Waals surface area contributed by atoms with Gasteiger partial charge in [-0.3, -0.25) is 9.36 Å². The van der Waals surface area contributed by atoms with Crippen molar-refractivity contribution in [3.63, 3.8) is 0 Å². The van der Waals surface area contributed by atoms with Crippen LogP contribution in [0, 0.1) is 0 Å². The number of carbonyl (C=O) groups is 1. The Hall–Kier alpha value is -3.06. The predicted octanol–water partition coefficient (Wildman–Crippen LogP) is 4.95. The summed E-state index contributed by atoms with van der Waals surface area (Å²) in [5.74, 6) is -0.537. The lowest BCUT2D eigenvalue weighted by molar-refractivity contribution is -0.274. The van der Waals surface area contributed by atoms with Crippen LogP contribution >= 0.6 is 0 Å². The summed E-state index contributed by atoms with van der Waals surface area (Å²) in [6.07, 6.45) is -0.260. The van der Waals surface area contributed by atoms with E-state index < -0.39 is 6.36 Å². The highest BCUT2D eigenvalue weighted by Crippen LogP contribution is 2.35. The van der Waals surface area contributed by atoms with Gasteiger partial charge in [0.25, 0.3) is 5.91 Å². The summed E-state index contributed by atoms with van der Waals surface area (Å²) < 4.78 is 43.7. The predicted molar refractivity (Wildman–Crippen MR) is 105 cm³/mol. The molecule has 0 saturated carbocycles. The van der Waals surface area contributed by atoms with Crippen molar-refractivity contribution in [2.75, 3.05) is 20.1 Å². The summed E-state index contributed by atoms with van der Waals surface area (Å²) in [6, 6.07) is 12.9. The van der Waals surface area contributed by atoms with E-state index in [9.17, 15) is 18.0 Å². The topological polar surface area (TPSA) is 34.5 Å². The average Bonchev–Trinajstić information content (AvgIpc) is 3.06. The summed E-state index contributed by atoms with van der Waals surface area (Å²) in [5.41, 5.74) is 2.81. The van der Waals surface area contributed by atoms with Crippen LogP contribution in [0.3, 0.4) is 0 Å². The Labute approximate surface area is 165 Å². The molecule has 0 saturated heterocycles. The second kappa shape index (κ2) is 7.40. The molecule has 4 nitrogen and oxygen atoms in total. The van der Waals surface area contributed by atoms with Crippen LogP contribution in [0.5, 0.6) is 5.75 Å². The fourth-order valence-electron chi connectivity index (χ4n) is 3.57. The van der Waals surface area contributed by atoms with E-state index in [0.717, 1.165) is 30.6 Å². The molecule has 7 heteroatoms. The zero-order chi connectivity index (χ0) is 20.6. The number of hydrogen-bond acceptors (Lipinski definition) is 3. The van der Waals surface area contributed by atoms with E-state index in [1.54, 1.807) is 30.5 Å². The molecule has 0 unspecified atom stereocenters. The molecule has 0 fully saturated rings. The molecular weight excluding hydrogens is 381 g/mol. The summed E-state index contributed by atoms with van der Waals surface area (Å²) in [5, 5.41) is 0.562. The first-order valence-corrected chi connectivity index (χ1v) is 9.20. The van der Waals surface area contributed by atoms with E-state index in [0.29, 0.717) is 16.5 Å². The molecule has 0 amide bonds. The highest BCUT2D eigenvalue weighted by molar-refractivity contribution is 6.05. The molecule has 1 aliphatic heterocycles. The molecular formula is C22H19F3N2O2. The minimum atomic E-state index is -4.77. The normalized spacial score (nSPS) is 15.4. The zero-order valence-corrected chi connectivity index (χ0v) is 15.7.